The minimum absolute atomic E-state index is 0.154. The van der Waals surface area contributed by atoms with Gasteiger partial charge < -0.3 is 13.8 Å². The molecule has 0 amide bonds. The number of nitrogens with zero attached hydrogens (tertiary/aromatic N) is 4. The second-order valence-corrected chi connectivity index (χ2v) is 7.00. The van der Waals surface area contributed by atoms with Crippen molar-refractivity contribution in [1.29, 1.82) is 5.26 Å². The van der Waals surface area contributed by atoms with Crippen LogP contribution in [0.2, 0.25) is 10.0 Å². The second-order valence-electron chi connectivity index (χ2n) is 6.22. The molecule has 9 heteroatoms. The summed E-state index contributed by atoms with van der Waals surface area (Å²) in [5, 5.41) is 13.9. The van der Waals surface area contributed by atoms with Crippen molar-refractivity contribution in [1.82, 2.24) is 14.7 Å². The van der Waals surface area contributed by atoms with Gasteiger partial charge in [0, 0.05) is 11.4 Å². The maximum atomic E-state index is 12.3. The van der Waals surface area contributed by atoms with E-state index in [1.54, 1.807) is 19.1 Å². The van der Waals surface area contributed by atoms with Crippen LogP contribution in [0.5, 0.6) is 0 Å². The van der Waals surface area contributed by atoms with Crippen LogP contribution in [-0.4, -0.2) is 20.7 Å². The number of nitriles is 1. The third-order valence-corrected chi connectivity index (χ3v) is 4.99. The van der Waals surface area contributed by atoms with E-state index in [-0.39, 0.29) is 18.1 Å². The second kappa shape index (κ2) is 8.52. The molecule has 0 bridgehead atoms. The van der Waals surface area contributed by atoms with Gasteiger partial charge in [-0.15, -0.1) is 0 Å². The van der Waals surface area contributed by atoms with Gasteiger partial charge in [-0.3, -0.25) is 0 Å². The Bertz CT molecular complexity index is 1160. The van der Waals surface area contributed by atoms with Gasteiger partial charge in [0.1, 0.15) is 11.6 Å². The molecule has 0 atom stereocenters. The van der Waals surface area contributed by atoms with Crippen LogP contribution in [0.4, 0.5) is 0 Å². The summed E-state index contributed by atoms with van der Waals surface area (Å²) in [7, 11) is 0. The summed E-state index contributed by atoms with van der Waals surface area (Å²) >= 11 is 12.5. The van der Waals surface area contributed by atoms with E-state index in [2.05, 4.69) is 10.1 Å². The van der Waals surface area contributed by atoms with Gasteiger partial charge in [0.15, 0.2) is 12.4 Å². The largest absolute Gasteiger partial charge is 0.451 e. The van der Waals surface area contributed by atoms with E-state index in [1.807, 2.05) is 36.6 Å². The van der Waals surface area contributed by atoms with Gasteiger partial charge in [0.2, 0.25) is 0 Å². The first-order valence-electron chi connectivity index (χ1n) is 8.53. The lowest BCUT2D eigenvalue weighted by Crippen LogP contribution is -2.07. The van der Waals surface area contributed by atoms with Crippen molar-refractivity contribution in [3.63, 3.8) is 0 Å². The lowest BCUT2D eigenvalue weighted by Gasteiger charge is -2.12. The number of esters is 1. The summed E-state index contributed by atoms with van der Waals surface area (Å²) in [6, 6.07) is 9.06. The molecule has 0 fully saturated rings. The summed E-state index contributed by atoms with van der Waals surface area (Å²) in [5.74, 6) is -0.199. The minimum atomic E-state index is -0.783. The van der Waals surface area contributed by atoms with Crippen LogP contribution in [-0.2, 0) is 16.1 Å². The van der Waals surface area contributed by atoms with Crippen LogP contribution >= 0.6 is 23.2 Å². The number of hydrogen-bond donors (Lipinski definition) is 0. The number of carbonyl (C=O) groups is 1. The van der Waals surface area contributed by atoms with E-state index < -0.39 is 5.97 Å². The first-order chi connectivity index (χ1) is 13.8. The Kier molecular flexibility index (Phi) is 6.06. The highest BCUT2D eigenvalue weighted by molar-refractivity contribution is 6.43. The molecule has 0 saturated carbocycles. The summed E-state index contributed by atoms with van der Waals surface area (Å²) in [4.78, 5) is 16.2. The summed E-state index contributed by atoms with van der Waals surface area (Å²) < 4.78 is 11.9. The van der Waals surface area contributed by atoms with E-state index in [1.165, 1.54) is 6.08 Å². The predicted octanol–water partition coefficient (Wildman–Crippen LogP) is 4.74. The molecule has 0 N–H and O–H groups in total. The first kappa shape index (κ1) is 20.6. The molecular weight excluding hydrogens is 415 g/mol. The highest BCUT2D eigenvalue weighted by Gasteiger charge is 2.17. The molecule has 0 saturated heterocycles. The topological polar surface area (TPSA) is 93.9 Å². The molecule has 0 unspecified atom stereocenters. The molecule has 0 radical (unpaired) electrons. The number of aryl methyl sites for hydroxylation is 2. The molecule has 1 aromatic carbocycles. The van der Waals surface area contributed by atoms with Crippen LogP contribution in [0, 0.1) is 32.1 Å². The molecule has 2 aromatic heterocycles. The number of hydrogen-bond acceptors (Lipinski definition) is 6. The maximum absolute atomic E-state index is 12.3. The molecule has 0 aliphatic carbocycles. The monoisotopic (exact) mass is 430 g/mol. The molecule has 0 aliphatic rings. The Hall–Kier alpha value is -3.08. The molecule has 0 spiro atoms. The number of ether oxygens (including phenoxy) is 1. The first-order valence-corrected chi connectivity index (χ1v) is 9.29. The molecule has 3 rings (SSSR count). The smallest absolute Gasteiger partial charge is 0.349 e. The molecule has 0 aliphatic heterocycles. The molecule has 29 heavy (non-hydrogen) atoms. The molecule has 2 heterocycles. The highest BCUT2D eigenvalue weighted by atomic mass is 35.5. The van der Waals surface area contributed by atoms with Crippen LogP contribution < -0.4 is 0 Å². The van der Waals surface area contributed by atoms with Crippen LogP contribution in [0.15, 0.2) is 34.4 Å². The summed E-state index contributed by atoms with van der Waals surface area (Å²) in [5.41, 5.74) is 2.89. The molecule has 148 valence electrons. The standard InChI is InChI=1S/C20H16Cl2N4O3/c1-11-7-14(12(2)26(11)17-6-4-5-16(21)19(17)22)8-15(9-23)20(27)28-10-18-24-13(3)25-29-18/h4-8H,10H2,1-3H3/b15-8+. The predicted molar refractivity (Wildman–Crippen MR) is 108 cm³/mol. The Labute approximate surface area is 177 Å². The van der Waals surface area contributed by atoms with Gasteiger partial charge in [0.05, 0.1) is 15.7 Å². The fourth-order valence-electron chi connectivity index (χ4n) is 2.87. The Balaban J connectivity index is 1.89. The van der Waals surface area contributed by atoms with Crippen molar-refractivity contribution in [2.45, 2.75) is 27.4 Å². The highest BCUT2D eigenvalue weighted by Crippen LogP contribution is 2.32. The zero-order valence-electron chi connectivity index (χ0n) is 15.9. The quantitative estimate of drug-likeness (QED) is 0.329. The molecule has 7 nitrogen and oxygen atoms in total. The van der Waals surface area contributed by atoms with Crippen molar-refractivity contribution in [2.24, 2.45) is 0 Å². The third kappa shape index (κ3) is 4.34. The average molecular weight is 431 g/mol. The van der Waals surface area contributed by atoms with Crippen LogP contribution in [0.3, 0.4) is 0 Å². The van der Waals surface area contributed by atoms with E-state index in [4.69, 9.17) is 32.5 Å². The Morgan fingerprint density at radius 2 is 2.10 bits per heavy atom. The van der Waals surface area contributed by atoms with Gasteiger partial charge >= 0.3 is 5.97 Å². The van der Waals surface area contributed by atoms with Gasteiger partial charge in [-0.2, -0.15) is 10.2 Å². The van der Waals surface area contributed by atoms with Crippen molar-refractivity contribution >= 4 is 35.2 Å². The SMILES string of the molecule is Cc1noc(COC(=O)/C(C#N)=C/c2cc(C)n(-c3cccc(Cl)c3Cl)c2C)n1. The zero-order valence-corrected chi connectivity index (χ0v) is 17.4. The van der Waals surface area contributed by atoms with Crippen molar-refractivity contribution in [2.75, 3.05) is 0 Å². The summed E-state index contributed by atoms with van der Waals surface area (Å²) in [6.07, 6.45) is 1.47. The van der Waals surface area contributed by atoms with Crippen LogP contribution in [0.1, 0.15) is 28.7 Å². The van der Waals surface area contributed by atoms with Gasteiger partial charge in [-0.1, -0.05) is 34.4 Å². The fourth-order valence-corrected chi connectivity index (χ4v) is 3.25. The Morgan fingerprint density at radius 1 is 1.34 bits per heavy atom. The van der Waals surface area contributed by atoms with E-state index in [0.717, 1.165) is 11.4 Å². The normalized spacial score (nSPS) is 11.4. The van der Waals surface area contributed by atoms with Gasteiger partial charge in [-0.05, 0) is 50.6 Å². The molecule has 3 aromatic rings. The van der Waals surface area contributed by atoms with Crippen LogP contribution in [0.25, 0.3) is 11.8 Å². The number of benzene rings is 1. The molecular formula is C20H16Cl2N4O3. The minimum Gasteiger partial charge on any atom is -0.451 e. The zero-order chi connectivity index (χ0) is 21.1. The van der Waals surface area contributed by atoms with Crippen molar-refractivity contribution in [3.8, 4) is 11.8 Å². The van der Waals surface area contributed by atoms with Crippen molar-refractivity contribution in [3.05, 3.63) is 68.6 Å². The van der Waals surface area contributed by atoms with Gasteiger partial charge in [0.25, 0.3) is 5.89 Å². The van der Waals surface area contributed by atoms with E-state index in [9.17, 15) is 10.1 Å². The van der Waals surface area contributed by atoms with E-state index in [0.29, 0.717) is 27.1 Å². The van der Waals surface area contributed by atoms with Gasteiger partial charge in [-0.25, -0.2) is 4.79 Å². The average Bonchev–Trinajstić information content (AvgIpc) is 3.23. The summed E-state index contributed by atoms with van der Waals surface area (Å²) in [6.45, 7) is 5.19. The number of rotatable bonds is 5. The lowest BCUT2D eigenvalue weighted by molar-refractivity contribution is -0.140. The number of carbonyl (C=O) groups excluding carboxylic acids is 1. The lowest BCUT2D eigenvalue weighted by atomic mass is 10.1. The number of halogens is 2. The van der Waals surface area contributed by atoms with E-state index >= 15 is 0 Å². The Morgan fingerprint density at radius 3 is 2.76 bits per heavy atom. The fraction of sp³-hybridized carbons (Fsp3) is 0.200. The van der Waals surface area contributed by atoms with Crippen molar-refractivity contribution < 1.29 is 14.1 Å². The number of aromatic nitrogens is 3. The third-order valence-electron chi connectivity index (χ3n) is 4.18. The maximum Gasteiger partial charge on any atom is 0.349 e.